The van der Waals surface area contributed by atoms with Crippen LogP contribution in [0.4, 0.5) is 0 Å². The molecule has 2 aromatic carbocycles. The van der Waals surface area contributed by atoms with Gasteiger partial charge in [-0.3, -0.25) is 9.69 Å². The van der Waals surface area contributed by atoms with Crippen molar-refractivity contribution in [2.45, 2.75) is 39.3 Å². The molecule has 174 valence electrons. The van der Waals surface area contributed by atoms with E-state index in [1.54, 1.807) is 19.2 Å². The van der Waals surface area contributed by atoms with Crippen LogP contribution >= 0.6 is 0 Å². The molecule has 3 aromatic rings. The van der Waals surface area contributed by atoms with Crippen LogP contribution in [-0.2, 0) is 6.61 Å². The van der Waals surface area contributed by atoms with Crippen molar-refractivity contribution in [1.29, 1.82) is 0 Å². The van der Waals surface area contributed by atoms with Crippen LogP contribution in [0.3, 0.4) is 0 Å². The molecule has 33 heavy (non-hydrogen) atoms. The highest BCUT2D eigenvalue weighted by atomic mass is 16.5. The Morgan fingerprint density at radius 1 is 1.12 bits per heavy atom. The minimum absolute atomic E-state index is 0.115. The molecule has 1 aliphatic rings. The fourth-order valence-corrected chi connectivity index (χ4v) is 4.22. The number of nitrogens with one attached hydrogen (secondary N) is 1. The fourth-order valence-electron chi connectivity index (χ4n) is 4.22. The summed E-state index contributed by atoms with van der Waals surface area (Å²) in [5, 5.41) is 7.08. The van der Waals surface area contributed by atoms with Crippen molar-refractivity contribution in [3.05, 3.63) is 76.7 Å². The minimum Gasteiger partial charge on any atom is -0.497 e. The van der Waals surface area contributed by atoms with Gasteiger partial charge in [0.05, 0.1) is 24.4 Å². The summed E-state index contributed by atoms with van der Waals surface area (Å²) in [7, 11) is 1.67. The van der Waals surface area contributed by atoms with Gasteiger partial charge in [-0.25, -0.2) is 0 Å². The summed E-state index contributed by atoms with van der Waals surface area (Å²) in [4.78, 5) is 15.4. The van der Waals surface area contributed by atoms with Crippen molar-refractivity contribution < 1.29 is 18.8 Å². The maximum Gasteiger partial charge on any atom is 0.251 e. The van der Waals surface area contributed by atoms with E-state index in [9.17, 15) is 4.79 Å². The largest absolute Gasteiger partial charge is 0.497 e. The van der Waals surface area contributed by atoms with Gasteiger partial charge >= 0.3 is 0 Å². The summed E-state index contributed by atoms with van der Waals surface area (Å²) in [6.45, 7) is 6.71. The Kier molecular flexibility index (Phi) is 7.29. The fraction of sp³-hybridized carbons (Fsp3) is 0.385. The number of carbonyl (C=O) groups excluding carboxylic acids is 1. The zero-order valence-corrected chi connectivity index (χ0v) is 19.5. The van der Waals surface area contributed by atoms with Crippen LogP contribution in [0.25, 0.3) is 0 Å². The van der Waals surface area contributed by atoms with Gasteiger partial charge in [0, 0.05) is 12.1 Å². The summed E-state index contributed by atoms with van der Waals surface area (Å²) >= 11 is 0. The smallest absolute Gasteiger partial charge is 0.251 e. The monoisotopic (exact) mass is 449 g/mol. The van der Waals surface area contributed by atoms with E-state index in [2.05, 4.69) is 27.5 Å². The highest BCUT2D eigenvalue weighted by Crippen LogP contribution is 2.26. The average molecular weight is 450 g/mol. The zero-order chi connectivity index (χ0) is 23.2. The molecule has 1 aromatic heterocycles. The van der Waals surface area contributed by atoms with Crippen molar-refractivity contribution in [1.82, 2.24) is 15.4 Å². The quantitative estimate of drug-likeness (QED) is 0.520. The molecule has 1 atom stereocenters. The van der Waals surface area contributed by atoms with Crippen molar-refractivity contribution in [3.63, 3.8) is 0 Å². The number of aryl methyl sites for hydroxylation is 2. The second-order valence-corrected chi connectivity index (χ2v) is 8.36. The molecule has 1 aliphatic heterocycles. The van der Waals surface area contributed by atoms with E-state index in [-0.39, 0.29) is 11.9 Å². The van der Waals surface area contributed by atoms with Crippen molar-refractivity contribution in [3.8, 4) is 11.5 Å². The molecule has 7 nitrogen and oxygen atoms in total. The first-order valence-electron chi connectivity index (χ1n) is 11.4. The lowest BCUT2D eigenvalue weighted by molar-refractivity contribution is 0.0937. The third-order valence-electron chi connectivity index (χ3n) is 6.20. The Labute approximate surface area is 194 Å². The Morgan fingerprint density at radius 2 is 1.88 bits per heavy atom. The summed E-state index contributed by atoms with van der Waals surface area (Å²) in [6.07, 6.45) is 2.37. The lowest BCUT2D eigenvalue weighted by Gasteiger charge is -2.28. The topological polar surface area (TPSA) is 76.8 Å². The highest BCUT2D eigenvalue weighted by Gasteiger charge is 2.24. The van der Waals surface area contributed by atoms with E-state index in [4.69, 9.17) is 14.0 Å². The number of nitrogens with zero attached hydrogens (tertiary/aromatic N) is 2. The molecule has 0 radical (unpaired) electrons. The molecule has 0 unspecified atom stereocenters. The Balaban J connectivity index is 1.41. The van der Waals surface area contributed by atoms with E-state index in [0.29, 0.717) is 24.5 Å². The maximum absolute atomic E-state index is 13.0. The van der Waals surface area contributed by atoms with E-state index >= 15 is 0 Å². The van der Waals surface area contributed by atoms with Gasteiger partial charge < -0.3 is 19.3 Å². The molecule has 0 saturated carbocycles. The Bertz CT molecular complexity index is 1050. The van der Waals surface area contributed by atoms with Crippen molar-refractivity contribution >= 4 is 5.91 Å². The maximum atomic E-state index is 13.0. The van der Waals surface area contributed by atoms with Gasteiger partial charge in [0.2, 0.25) is 0 Å². The van der Waals surface area contributed by atoms with Crippen LogP contribution in [0.15, 0.2) is 53.1 Å². The first-order valence-corrected chi connectivity index (χ1v) is 11.4. The Hall–Kier alpha value is -3.32. The van der Waals surface area contributed by atoms with Crippen LogP contribution in [-0.4, -0.2) is 42.7 Å². The van der Waals surface area contributed by atoms with Crippen molar-refractivity contribution in [2.24, 2.45) is 0 Å². The number of carbonyl (C=O) groups is 1. The summed E-state index contributed by atoms with van der Waals surface area (Å²) in [5.41, 5.74) is 3.49. The summed E-state index contributed by atoms with van der Waals surface area (Å²) in [6, 6.07) is 15.5. The first-order chi connectivity index (χ1) is 16.0. The number of amides is 1. The van der Waals surface area contributed by atoms with Crippen LogP contribution < -0.4 is 14.8 Å². The molecule has 1 saturated heterocycles. The third-order valence-corrected chi connectivity index (χ3v) is 6.20. The number of rotatable bonds is 9. The van der Waals surface area contributed by atoms with Crippen LogP contribution in [0, 0.1) is 13.8 Å². The van der Waals surface area contributed by atoms with Gasteiger partial charge in [-0.15, -0.1) is 0 Å². The van der Waals surface area contributed by atoms with Crippen LogP contribution in [0.1, 0.15) is 51.8 Å². The van der Waals surface area contributed by atoms with E-state index in [1.807, 2.05) is 38.1 Å². The Morgan fingerprint density at radius 3 is 2.55 bits per heavy atom. The number of aromatic nitrogens is 1. The molecule has 1 amide bonds. The lowest BCUT2D eigenvalue weighted by Crippen LogP contribution is -2.36. The molecular weight excluding hydrogens is 418 g/mol. The SMILES string of the molecule is COc1ccc([C@@H](CNC(=O)c2cccc(OCc3c(C)noc3C)c2)N2CCCC2)cc1. The van der Waals surface area contributed by atoms with Gasteiger partial charge in [0.25, 0.3) is 5.91 Å². The predicted octanol–water partition coefficient (Wildman–Crippen LogP) is 4.45. The summed E-state index contributed by atoms with van der Waals surface area (Å²) < 4.78 is 16.4. The summed E-state index contributed by atoms with van der Waals surface area (Å²) in [5.74, 6) is 2.09. The van der Waals surface area contributed by atoms with E-state index < -0.39 is 0 Å². The van der Waals surface area contributed by atoms with Gasteiger partial charge in [-0.2, -0.15) is 0 Å². The second-order valence-electron chi connectivity index (χ2n) is 8.36. The number of likely N-dealkylation sites (tertiary alicyclic amines) is 1. The molecule has 0 bridgehead atoms. The number of hydrogen-bond donors (Lipinski definition) is 1. The number of ether oxygens (including phenoxy) is 2. The second kappa shape index (κ2) is 10.5. The highest BCUT2D eigenvalue weighted by molar-refractivity contribution is 5.94. The molecule has 0 aliphatic carbocycles. The van der Waals surface area contributed by atoms with E-state index in [0.717, 1.165) is 35.9 Å². The normalized spacial score (nSPS) is 14.8. The molecule has 2 heterocycles. The number of hydrogen-bond acceptors (Lipinski definition) is 6. The van der Waals surface area contributed by atoms with Crippen molar-refractivity contribution in [2.75, 3.05) is 26.7 Å². The average Bonchev–Trinajstić information content (AvgIpc) is 3.48. The van der Waals surface area contributed by atoms with Gasteiger partial charge in [-0.1, -0.05) is 23.4 Å². The van der Waals surface area contributed by atoms with Gasteiger partial charge in [-0.05, 0) is 75.7 Å². The predicted molar refractivity (Wildman–Crippen MR) is 126 cm³/mol. The minimum atomic E-state index is -0.115. The zero-order valence-electron chi connectivity index (χ0n) is 19.5. The van der Waals surface area contributed by atoms with Gasteiger partial charge in [0.15, 0.2) is 0 Å². The first kappa shape index (κ1) is 22.9. The van der Waals surface area contributed by atoms with E-state index in [1.165, 1.54) is 18.4 Å². The number of methoxy groups -OCH3 is 1. The van der Waals surface area contributed by atoms with Crippen LogP contribution in [0.2, 0.25) is 0 Å². The molecule has 7 heteroatoms. The molecule has 1 N–H and O–H groups in total. The molecular formula is C26H31N3O4. The molecule has 1 fully saturated rings. The standard InChI is InChI=1S/C26H31N3O4/c1-18-24(19(2)33-28-18)17-32-23-8-6-7-21(15-23)26(30)27-16-25(29-13-4-5-14-29)20-9-11-22(31-3)12-10-20/h6-12,15,25H,4-5,13-14,16-17H2,1-3H3,(H,27,30)/t25-/m1/s1. The molecule has 4 rings (SSSR count). The van der Waals surface area contributed by atoms with Gasteiger partial charge in [0.1, 0.15) is 23.9 Å². The number of benzene rings is 2. The lowest BCUT2D eigenvalue weighted by atomic mass is 10.0. The molecule has 0 spiro atoms. The van der Waals surface area contributed by atoms with Crippen LogP contribution in [0.5, 0.6) is 11.5 Å². The third kappa shape index (κ3) is 5.54.